The van der Waals surface area contributed by atoms with E-state index in [2.05, 4.69) is 29.1 Å². The second-order valence-electron chi connectivity index (χ2n) is 4.92. The molecule has 0 saturated carbocycles. The van der Waals surface area contributed by atoms with E-state index in [1.165, 1.54) is 0 Å². The number of ether oxygens (including phenoxy) is 1. The van der Waals surface area contributed by atoms with Gasteiger partial charge in [-0.1, -0.05) is 5.16 Å². The lowest BCUT2D eigenvalue weighted by Gasteiger charge is -2.33. The quantitative estimate of drug-likeness (QED) is 0.775. The van der Waals surface area contributed by atoms with E-state index < -0.39 is 0 Å². The summed E-state index contributed by atoms with van der Waals surface area (Å²) in [5.41, 5.74) is 1.01. The number of hydrogen-bond donors (Lipinski definition) is 0. The second-order valence-corrected chi connectivity index (χ2v) is 4.92. The molecule has 0 radical (unpaired) electrons. The standard InChI is InChI=1S/C12H21N3O2/c1-10-6-11(13-17-10)7-15-4-5-16-12(9-15)8-14(2)3/h6,12H,4-5,7-9H2,1-3H3/t12-/m1/s1. The molecule has 5 heteroatoms. The van der Waals surface area contributed by atoms with Crippen molar-refractivity contribution in [3.63, 3.8) is 0 Å². The van der Waals surface area contributed by atoms with E-state index in [1.807, 2.05) is 13.0 Å². The number of aryl methyl sites for hydroxylation is 1. The average molecular weight is 239 g/mol. The lowest BCUT2D eigenvalue weighted by atomic mass is 10.2. The van der Waals surface area contributed by atoms with Gasteiger partial charge in [0.15, 0.2) is 0 Å². The van der Waals surface area contributed by atoms with Crippen molar-refractivity contribution in [3.05, 3.63) is 17.5 Å². The smallest absolute Gasteiger partial charge is 0.133 e. The van der Waals surface area contributed by atoms with Crippen molar-refractivity contribution in [1.82, 2.24) is 15.0 Å². The third-order valence-electron chi connectivity index (χ3n) is 2.85. The summed E-state index contributed by atoms with van der Waals surface area (Å²) in [5.74, 6) is 0.873. The molecule has 1 aromatic heterocycles. The molecule has 1 aromatic rings. The highest BCUT2D eigenvalue weighted by atomic mass is 16.5. The van der Waals surface area contributed by atoms with Crippen LogP contribution in [0.1, 0.15) is 11.5 Å². The van der Waals surface area contributed by atoms with Gasteiger partial charge in [-0.15, -0.1) is 0 Å². The van der Waals surface area contributed by atoms with E-state index in [-0.39, 0.29) is 0 Å². The van der Waals surface area contributed by atoms with Crippen molar-refractivity contribution in [3.8, 4) is 0 Å². The van der Waals surface area contributed by atoms with Gasteiger partial charge in [0, 0.05) is 32.2 Å². The zero-order valence-electron chi connectivity index (χ0n) is 10.8. The maximum Gasteiger partial charge on any atom is 0.133 e. The molecule has 1 saturated heterocycles. The van der Waals surface area contributed by atoms with E-state index in [4.69, 9.17) is 9.26 Å². The second kappa shape index (κ2) is 5.62. The number of nitrogens with zero attached hydrogens (tertiary/aromatic N) is 3. The van der Waals surface area contributed by atoms with Crippen LogP contribution in [0.25, 0.3) is 0 Å². The Kier molecular flexibility index (Phi) is 4.15. The Morgan fingerprint density at radius 2 is 2.35 bits per heavy atom. The van der Waals surface area contributed by atoms with Gasteiger partial charge >= 0.3 is 0 Å². The summed E-state index contributed by atoms with van der Waals surface area (Å²) in [4.78, 5) is 4.53. The molecule has 2 heterocycles. The van der Waals surface area contributed by atoms with Crippen LogP contribution in [-0.4, -0.2) is 61.4 Å². The van der Waals surface area contributed by atoms with Gasteiger partial charge in [-0.25, -0.2) is 0 Å². The number of likely N-dealkylation sites (N-methyl/N-ethyl adjacent to an activating group) is 1. The molecule has 2 rings (SSSR count). The number of rotatable bonds is 4. The molecular formula is C12H21N3O2. The van der Waals surface area contributed by atoms with Gasteiger partial charge in [0.1, 0.15) is 5.76 Å². The lowest BCUT2D eigenvalue weighted by molar-refractivity contribution is -0.0411. The summed E-state index contributed by atoms with van der Waals surface area (Å²) in [6.45, 7) is 6.47. The van der Waals surface area contributed by atoms with Gasteiger partial charge in [-0.05, 0) is 21.0 Å². The van der Waals surface area contributed by atoms with E-state index in [1.54, 1.807) is 0 Å². The van der Waals surface area contributed by atoms with Crippen molar-refractivity contribution < 1.29 is 9.26 Å². The third-order valence-corrected chi connectivity index (χ3v) is 2.85. The molecule has 96 valence electrons. The summed E-state index contributed by atoms with van der Waals surface area (Å²) in [6, 6.07) is 2.00. The highest BCUT2D eigenvalue weighted by Gasteiger charge is 2.21. The van der Waals surface area contributed by atoms with Crippen LogP contribution in [0.3, 0.4) is 0 Å². The Balaban J connectivity index is 1.85. The molecule has 0 aromatic carbocycles. The third kappa shape index (κ3) is 3.80. The Morgan fingerprint density at radius 3 is 3.00 bits per heavy atom. The van der Waals surface area contributed by atoms with Crippen LogP contribution in [0.2, 0.25) is 0 Å². The monoisotopic (exact) mass is 239 g/mol. The SMILES string of the molecule is Cc1cc(CN2CCO[C@H](CN(C)C)C2)no1. The zero-order chi connectivity index (χ0) is 12.3. The highest BCUT2D eigenvalue weighted by Crippen LogP contribution is 2.11. The first-order valence-electron chi connectivity index (χ1n) is 6.04. The predicted molar refractivity (Wildman–Crippen MR) is 64.8 cm³/mol. The zero-order valence-corrected chi connectivity index (χ0v) is 10.8. The Morgan fingerprint density at radius 1 is 1.53 bits per heavy atom. The first-order chi connectivity index (χ1) is 8.13. The average Bonchev–Trinajstić information content (AvgIpc) is 2.63. The van der Waals surface area contributed by atoms with Gasteiger partial charge < -0.3 is 14.2 Å². The first kappa shape index (κ1) is 12.5. The maximum atomic E-state index is 5.73. The van der Waals surface area contributed by atoms with E-state index in [0.717, 1.165) is 44.2 Å². The Bertz CT molecular complexity index is 351. The largest absolute Gasteiger partial charge is 0.374 e. The van der Waals surface area contributed by atoms with Crippen LogP contribution >= 0.6 is 0 Å². The lowest BCUT2D eigenvalue weighted by Crippen LogP contribution is -2.46. The van der Waals surface area contributed by atoms with E-state index >= 15 is 0 Å². The summed E-state index contributed by atoms with van der Waals surface area (Å²) >= 11 is 0. The summed E-state index contributed by atoms with van der Waals surface area (Å²) in [5, 5.41) is 4.03. The molecular weight excluding hydrogens is 218 g/mol. The topological polar surface area (TPSA) is 41.7 Å². The number of morpholine rings is 1. The molecule has 0 bridgehead atoms. The van der Waals surface area contributed by atoms with Crippen LogP contribution < -0.4 is 0 Å². The van der Waals surface area contributed by atoms with Crippen LogP contribution in [0.5, 0.6) is 0 Å². The molecule has 0 N–H and O–H groups in total. The van der Waals surface area contributed by atoms with Crippen LogP contribution in [0.4, 0.5) is 0 Å². The molecule has 0 unspecified atom stereocenters. The fourth-order valence-corrected chi connectivity index (χ4v) is 2.16. The van der Waals surface area contributed by atoms with E-state index in [0.29, 0.717) is 6.10 Å². The van der Waals surface area contributed by atoms with Crippen molar-refractivity contribution in [2.45, 2.75) is 19.6 Å². The molecule has 17 heavy (non-hydrogen) atoms. The minimum Gasteiger partial charge on any atom is -0.374 e. The Labute approximate surface area is 102 Å². The minimum absolute atomic E-state index is 0.298. The summed E-state index contributed by atoms with van der Waals surface area (Å²) < 4.78 is 10.8. The summed E-state index contributed by atoms with van der Waals surface area (Å²) in [7, 11) is 4.15. The highest BCUT2D eigenvalue weighted by molar-refractivity contribution is 5.03. The maximum absolute atomic E-state index is 5.73. The predicted octanol–water partition coefficient (Wildman–Crippen LogP) is 0.745. The fourth-order valence-electron chi connectivity index (χ4n) is 2.16. The van der Waals surface area contributed by atoms with Gasteiger partial charge in [0.25, 0.3) is 0 Å². The van der Waals surface area contributed by atoms with Gasteiger partial charge in [0.2, 0.25) is 0 Å². The normalized spacial score (nSPS) is 22.2. The first-order valence-corrected chi connectivity index (χ1v) is 6.04. The van der Waals surface area contributed by atoms with Gasteiger partial charge in [-0.2, -0.15) is 0 Å². The van der Waals surface area contributed by atoms with Crippen molar-refractivity contribution >= 4 is 0 Å². The molecule has 1 atom stereocenters. The molecule has 0 amide bonds. The van der Waals surface area contributed by atoms with Crippen LogP contribution in [-0.2, 0) is 11.3 Å². The van der Waals surface area contributed by atoms with Crippen molar-refractivity contribution in [2.75, 3.05) is 40.3 Å². The number of hydrogen-bond acceptors (Lipinski definition) is 5. The molecule has 1 aliphatic rings. The molecule has 1 fully saturated rings. The Hall–Kier alpha value is -0.910. The van der Waals surface area contributed by atoms with Crippen molar-refractivity contribution in [2.24, 2.45) is 0 Å². The summed E-state index contributed by atoms with van der Waals surface area (Å²) in [6.07, 6.45) is 0.298. The van der Waals surface area contributed by atoms with Gasteiger partial charge in [-0.3, -0.25) is 4.90 Å². The van der Waals surface area contributed by atoms with Crippen LogP contribution in [0, 0.1) is 6.92 Å². The minimum atomic E-state index is 0.298. The molecule has 1 aliphatic heterocycles. The molecule has 0 aliphatic carbocycles. The van der Waals surface area contributed by atoms with E-state index in [9.17, 15) is 0 Å². The van der Waals surface area contributed by atoms with Crippen LogP contribution in [0.15, 0.2) is 10.6 Å². The molecule has 0 spiro atoms. The van der Waals surface area contributed by atoms with Crippen molar-refractivity contribution in [1.29, 1.82) is 0 Å². The fraction of sp³-hybridized carbons (Fsp3) is 0.750. The molecule has 5 nitrogen and oxygen atoms in total. The van der Waals surface area contributed by atoms with Gasteiger partial charge in [0.05, 0.1) is 18.4 Å². The number of aromatic nitrogens is 1.